The maximum Gasteiger partial charge on any atom is 0.227 e. The first kappa shape index (κ1) is 20.9. The van der Waals surface area contributed by atoms with E-state index >= 15 is 0 Å². The summed E-state index contributed by atoms with van der Waals surface area (Å²) >= 11 is 0. The number of rotatable bonds is 7. The third-order valence-electron chi connectivity index (χ3n) is 5.95. The first-order valence-electron chi connectivity index (χ1n) is 11.0. The molecule has 30 heavy (non-hydrogen) atoms. The Morgan fingerprint density at radius 3 is 2.47 bits per heavy atom. The highest BCUT2D eigenvalue weighted by atomic mass is 16.5. The zero-order valence-corrected chi connectivity index (χ0v) is 18.4. The lowest BCUT2D eigenvalue weighted by atomic mass is 10.0. The van der Waals surface area contributed by atoms with Gasteiger partial charge < -0.3 is 19.9 Å². The first-order valence-corrected chi connectivity index (χ1v) is 11.0. The second-order valence-electron chi connectivity index (χ2n) is 8.48. The van der Waals surface area contributed by atoms with Gasteiger partial charge in [-0.3, -0.25) is 9.48 Å². The van der Waals surface area contributed by atoms with Crippen molar-refractivity contribution in [1.82, 2.24) is 15.1 Å². The summed E-state index contributed by atoms with van der Waals surface area (Å²) < 4.78 is 7.56. The minimum Gasteiger partial charge on any atom is -0.378 e. The van der Waals surface area contributed by atoms with Crippen molar-refractivity contribution >= 4 is 17.4 Å². The Balaban J connectivity index is 1.43. The monoisotopic (exact) mass is 411 g/mol. The minimum atomic E-state index is 0.231. The Hall–Kier alpha value is -2.38. The van der Waals surface area contributed by atoms with Crippen LogP contribution in [-0.2, 0) is 29.7 Å². The van der Waals surface area contributed by atoms with Crippen molar-refractivity contribution in [1.29, 1.82) is 0 Å². The molecule has 2 fully saturated rings. The van der Waals surface area contributed by atoms with Crippen LogP contribution >= 0.6 is 0 Å². The summed E-state index contributed by atoms with van der Waals surface area (Å²) in [6, 6.07) is 8.35. The zero-order chi connectivity index (χ0) is 21.1. The van der Waals surface area contributed by atoms with Crippen LogP contribution in [0.4, 0.5) is 11.5 Å². The molecule has 0 aliphatic carbocycles. The molecule has 0 bridgehead atoms. The third kappa shape index (κ3) is 4.37. The van der Waals surface area contributed by atoms with E-state index in [9.17, 15) is 4.79 Å². The molecular weight excluding hydrogens is 378 g/mol. The van der Waals surface area contributed by atoms with E-state index in [0.29, 0.717) is 12.3 Å². The molecular formula is C23H33N5O2. The molecule has 0 atom stereocenters. The summed E-state index contributed by atoms with van der Waals surface area (Å²) in [4.78, 5) is 16.2. The van der Waals surface area contributed by atoms with Crippen molar-refractivity contribution in [3.63, 3.8) is 0 Å². The van der Waals surface area contributed by atoms with Crippen LogP contribution in [0.1, 0.15) is 49.4 Å². The number of hydrogen-bond acceptors (Lipinski definition) is 5. The molecule has 1 N–H and O–H groups in total. The van der Waals surface area contributed by atoms with Crippen LogP contribution < -0.4 is 15.1 Å². The van der Waals surface area contributed by atoms with Crippen molar-refractivity contribution in [2.45, 2.75) is 45.7 Å². The summed E-state index contributed by atoms with van der Waals surface area (Å²) in [7, 11) is 2.04. The van der Waals surface area contributed by atoms with Crippen LogP contribution in [0, 0.1) is 0 Å². The fourth-order valence-electron chi connectivity index (χ4n) is 4.43. The highest BCUT2D eigenvalue weighted by molar-refractivity contribution is 5.95. The van der Waals surface area contributed by atoms with Crippen LogP contribution in [0.25, 0.3) is 0 Å². The number of benzene rings is 1. The second kappa shape index (κ2) is 9.18. The van der Waals surface area contributed by atoms with Crippen LogP contribution in [0.15, 0.2) is 24.3 Å². The number of anilines is 2. The Bertz CT molecular complexity index is 868. The van der Waals surface area contributed by atoms with Gasteiger partial charge in [-0.1, -0.05) is 26.0 Å². The number of aromatic nitrogens is 2. The molecule has 1 amide bonds. The number of morpholine rings is 1. The standard InChI is InChI=1S/C23H33N5O2/c1-17(2)22-20(23(26(3)25-22)27-11-13-30-14-12-27)16-24-15-18-6-8-19(9-7-18)28-10-4-5-21(28)29/h6-9,17,24H,4-5,10-16H2,1-3H3. The van der Waals surface area contributed by atoms with Gasteiger partial charge in [-0.2, -0.15) is 5.10 Å². The third-order valence-corrected chi connectivity index (χ3v) is 5.95. The average Bonchev–Trinajstić information content (AvgIpc) is 3.32. The van der Waals surface area contributed by atoms with E-state index in [4.69, 9.17) is 9.84 Å². The quantitative estimate of drug-likeness (QED) is 0.759. The molecule has 4 rings (SSSR count). The van der Waals surface area contributed by atoms with Crippen LogP contribution in [0.3, 0.4) is 0 Å². The molecule has 2 aliphatic rings. The maximum absolute atomic E-state index is 11.9. The van der Waals surface area contributed by atoms with Crippen molar-refractivity contribution < 1.29 is 9.53 Å². The fourth-order valence-corrected chi connectivity index (χ4v) is 4.43. The smallest absolute Gasteiger partial charge is 0.227 e. The van der Waals surface area contributed by atoms with Crippen LogP contribution in [-0.4, -0.2) is 48.5 Å². The van der Waals surface area contributed by atoms with E-state index in [-0.39, 0.29) is 5.91 Å². The van der Waals surface area contributed by atoms with Crippen molar-refractivity contribution in [2.24, 2.45) is 7.05 Å². The minimum absolute atomic E-state index is 0.231. The normalized spacial score (nSPS) is 17.4. The van der Waals surface area contributed by atoms with E-state index < -0.39 is 0 Å². The van der Waals surface area contributed by atoms with E-state index in [1.807, 2.05) is 16.6 Å². The van der Waals surface area contributed by atoms with Gasteiger partial charge >= 0.3 is 0 Å². The van der Waals surface area contributed by atoms with Gasteiger partial charge in [0, 0.05) is 57.4 Å². The van der Waals surface area contributed by atoms with Gasteiger partial charge in [0.05, 0.1) is 18.9 Å². The largest absolute Gasteiger partial charge is 0.378 e. The van der Waals surface area contributed by atoms with Crippen molar-refractivity contribution in [2.75, 3.05) is 42.6 Å². The summed E-state index contributed by atoms with van der Waals surface area (Å²) in [6.07, 6.45) is 1.62. The van der Waals surface area contributed by atoms with Gasteiger partial charge in [0.15, 0.2) is 0 Å². The predicted octanol–water partition coefficient (Wildman–Crippen LogP) is 2.80. The van der Waals surface area contributed by atoms with Crippen molar-refractivity contribution in [3.8, 4) is 0 Å². The lowest BCUT2D eigenvalue weighted by Crippen LogP contribution is -2.38. The van der Waals surface area contributed by atoms with E-state index in [2.05, 4.69) is 48.3 Å². The number of aryl methyl sites for hydroxylation is 1. The molecule has 1 aromatic heterocycles. The number of carbonyl (C=O) groups excluding carboxylic acids is 1. The van der Waals surface area contributed by atoms with Gasteiger partial charge in [-0.25, -0.2) is 0 Å². The average molecular weight is 412 g/mol. The Morgan fingerprint density at radius 1 is 1.10 bits per heavy atom. The molecule has 0 saturated carbocycles. The van der Waals surface area contributed by atoms with Crippen LogP contribution in [0.2, 0.25) is 0 Å². The molecule has 2 saturated heterocycles. The molecule has 0 unspecified atom stereocenters. The zero-order valence-electron chi connectivity index (χ0n) is 18.4. The highest BCUT2D eigenvalue weighted by Crippen LogP contribution is 2.29. The Morgan fingerprint density at radius 2 is 1.83 bits per heavy atom. The number of nitrogens with one attached hydrogen (secondary N) is 1. The number of ether oxygens (including phenoxy) is 1. The summed E-state index contributed by atoms with van der Waals surface area (Å²) in [6.45, 7) is 10.1. The number of amides is 1. The van der Waals surface area contributed by atoms with Crippen molar-refractivity contribution in [3.05, 3.63) is 41.1 Å². The predicted molar refractivity (Wildman–Crippen MR) is 119 cm³/mol. The lowest BCUT2D eigenvalue weighted by Gasteiger charge is -2.29. The topological polar surface area (TPSA) is 62.6 Å². The molecule has 3 heterocycles. The molecule has 162 valence electrons. The molecule has 1 aromatic carbocycles. The van der Waals surface area contributed by atoms with E-state index in [1.165, 1.54) is 16.9 Å². The SMILES string of the molecule is CC(C)c1nn(C)c(N2CCOCC2)c1CNCc1ccc(N2CCCC2=O)cc1. The fraction of sp³-hybridized carbons (Fsp3) is 0.565. The van der Waals surface area contributed by atoms with E-state index in [0.717, 1.165) is 63.7 Å². The first-order chi connectivity index (χ1) is 14.5. The lowest BCUT2D eigenvalue weighted by molar-refractivity contribution is -0.117. The number of carbonyl (C=O) groups is 1. The van der Waals surface area contributed by atoms with Crippen LogP contribution in [0.5, 0.6) is 0 Å². The molecule has 2 aromatic rings. The molecule has 0 spiro atoms. The van der Waals surface area contributed by atoms with Gasteiger partial charge in [-0.15, -0.1) is 0 Å². The Labute approximate surface area is 179 Å². The highest BCUT2D eigenvalue weighted by Gasteiger charge is 2.24. The summed E-state index contributed by atoms with van der Waals surface area (Å²) in [5.41, 5.74) is 4.67. The molecule has 7 nitrogen and oxygen atoms in total. The molecule has 7 heteroatoms. The summed E-state index contributed by atoms with van der Waals surface area (Å²) in [5, 5.41) is 8.44. The van der Waals surface area contributed by atoms with Gasteiger partial charge in [0.2, 0.25) is 5.91 Å². The molecule has 2 aliphatic heterocycles. The number of nitrogens with zero attached hydrogens (tertiary/aromatic N) is 4. The second-order valence-corrected chi connectivity index (χ2v) is 8.48. The van der Waals surface area contributed by atoms with Gasteiger partial charge in [0.1, 0.15) is 5.82 Å². The molecule has 0 radical (unpaired) electrons. The summed E-state index contributed by atoms with van der Waals surface area (Å²) in [5.74, 6) is 1.81. The number of hydrogen-bond donors (Lipinski definition) is 1. The van der Waals surface area contributed by atoms with E-state index in [1.54, 1.807) is 0 Å². The van der Waals surface area contributed by atoms with Gasteiger partial charge in [-0.05, 0) is 30.0 Å². The maximum atomic E-state index is 11.9. The van der Waals surface area contributed by atoms with Gasteiger partial charge in [0.25, 0.3) is 0 Å². The Kier molecular flexibility index (Phi) is 6.39.